The second-order valence-corrected chi connectivity index (χ2v) is 10.9. The number of hydrogen-bond acceptors (Lipinski definition) is 5. The largest absolute Gasteiger partial charge is 0.487 e. The Bertz CT molecular complexity index is 1140. The fourth-order valence-corrected chi connectivity index (χ4v) is 5.85. The van der Waals surface area contributed by atoms with Crippen LogP contribution in [0.3, 0.4) is 0 Å². The number of halogens is 1. The molecule has 2 amide bonds. The molecule has 0 saturated carbocycles. The van der Waals surface area contributed by atoms with E-state index in [0.717, 1.165) is 6.42 Å². The van der Waals surface area contributed by atoms with E-state index in [0.29, 0.717) is 17.7 Å². The lowest BCUT2D eigenvalue weighted by atomic mass is 10.0. The lowest BCUT2D eigenvalue weighted by Crippen LogP contribution is -2.51. The third-order valence-electron chi connectivity index (χ3n) is 6.18. The maximum absolute atomic E-state index is 14.5. The number of aliphatic hydroxyl groups is 1. The number of ether oxygens (including phenoxy) is 1. The Labute approximate surface area is 206 Å². The minimum Gasteiger partial charge on any atom is -0.487 e. The van der Waals surface area contributed by atoms with Crippen LogP contribution in [-0.4, -0.2) is 74.2 Å². The van der Waals surface area contributed by atoms with Gasteiger partial charge >= 0.3 is 6.03 Å². The van der Waals surface area contributed by atoms with Crippen LogP contribution in [0.4, 0.5) is 9.18 Å². The number of carbonyl (C=O) groups is 1. The zero-order valence-corrected chi connectivity index (χ0v) is 21.4. The predicted molar refractivity (Wildman–Crippen MR) is 132 cm³/mol. The highest BCUT2D eigenvalue weighted by Gasteiger charge is 2.38. The van der Waals surface area contributed by atoms with Crippen LogP contribution in [-0.2, 0) is 10.0 Å². The van der Waals surface area contributed by atoms with Gasteiger partial charge in [0.15, 0.2) is 0 Å². The van der Waals surface area contributed by atoms with E-state index in [1.807, 2.05) is 13.8 Å². The van der Waals surface area contributed by atoms with Gasteiger partial charge < -0.3 is 20.1 Å². The molecule has 10 heteroatoms. The van der Waals surface area contributed by atoms with Crippen LogP contribution in [0, 0.1) is 11.7 Å². The number of nitrogens with one attached hydrogen (secondary N) is 1. The van der Waals surface area contributed by atoms with Gasteiger partial charge in [-0.15, -0.1) is 0 Å². The third-order valence-corrected chi connectivity index (χ3v) is 8.20. The van der Waals surface area contributed by atoms with Gasteiger partial charge in [-0.25, -0.2) is 17.6 Å². The zero-order valence-electron chi connectivity index (χ0n) is 20.6. The number of fused-ring (bicyclic) bond motifs is 1. The molecular weight excluding hydrogens is 473 g/mol. The molecule has 0 aromatic heterocycles. The molecule has 2 aromatic rings. The SMILES string of the molecule is CCCNC(=O)N(C)C[C@@H]1Oc2cc(-c3ccccc3F)ccc2S(=O)(=O)N([C@@H](C)CO)C[C@H]1C. The summed E-state index contributed by atoms with van der Waals surface area (Å²) in [5.41, 5.74) is 0.791. The van der Waals surface area contributed by atoms with Crippen molar-refractivity contribution in [1.29, 1.82) is 0 Å². The molecule has 0 unspecified atom stereocenters. The first-order valence-corrected chi connectivity index (χ1v) is 13.2. The van der Waals surface area contributed by atoms with E-state index in [2.05, 4.69) is 5.32 Å². The summed E-state index contributed by atoms with van der Waals surface area (Å²) in [4.78, 5) is 13.9. The average Bonchev–Trinajstić information content (AvgIpc) is 2.84. The summed E-state index contributed by atoms with van der Waals surface area (Å²) in [6.07, 6.45) is 0.249. The van der Waals surface area contributed by atoms with E-state index >= 15 is 0 Å². The van der Waals surface area contributed by atoms with E-state index in [9.17, 15) is 22.7 Å². The fourth-order valence-electron chi connectivity index (χ4n) is 4.03. The van der Waals surface area contributed by atoms with Crippen molar-refractivity contribution in [3.63, 3.8) is 0 Å². The Morgan fingerprint density at radius 2 is 2.03 bits per heavy atom. The van der Waals surface area contributed by atoms with Gasteiger partial charge in [0, 0.05) is 37.7 Å². The van der Waals surface area contributed by atoms with Gasteiger partial charge in [-0.1, -0.05) is 38.1 Å². The van der Waals surface area contributed by atoms with Crippen LogP contribution in [0.5, 0.6) is 5.75 Å². The second kappa shape index (κ2) is 11.4. The van der Waals surface area contributed by atoms with Crippen molar-refractivity contribution in [1.82, 2.24) is 14.5 Å². The number of carbonyl (C=O) groups excluding carboxylic acids is 1. The minimum absolute atomic E-state index is 0.0622. The fraction of sp³-hybridized carbons (Fsp3) is 0.480. The van der Waals surface area contributed by atoms with Crippen LogP contribution in [0.2, 0.25) is 0 Å². The molecule has 192 valence electrons. The second-order valence-electron chi connectivity index (χ2n) is 8.99. The number of rotatable bonds is 7. The smallest absolute Gasteiger partial charge is 0.317 e. The standard InChI is InChI=1S/C25H34FN3O5S/c1-5-12-27-25(31)28(4)15-23-17(2)14-29(18(3)16-30)35(32,33)24-11-10-19(13-22(24)34-23)20-8-6-7-9-21(20)26/h6-11,13,17-18,23,30H,5,12,14-16H2,1-4H3,(H,27,31)/t17-,18+,23+/m1/s1. The van der Waals surface area contributed by atoms with Crippen molar-refractivity contribution in [3.05, 3.63) is 48.3 Å². The molecule has 3 rings (SSSR count). The number of hydrogen-bond donors (Lipinski definition) is 2. The van der Waals surface area contributed by atoms with Crippen molar-refractivity contribution in [2.24, 2.45) is 5.92 Å². The van der Waals surface area contributed by atoms with E-state index in [4.69, 9.17) is 4.74 Å². The number of urea groups is 1. The van der Waals surface area contributed by atoms with E-state index < -0.39 is 28.0 Å². The van der Waals surface area contributed by atoms with Crippen LogP contribution in [0.15, 0.2) is 47.4 Å². The molecule has 0 saturated heterocycles. The van der Waals surface area contributed by atoms with E-state index in [-0.39, 0.29) is 42.3 Å². The lowest BCUT2D eigenvalue weighted by Gasteiger charge is -2.37. The highest BCUT2D eigenvalue weighted by molar-refractivity contribution is 7.89. The molecule has 0 bridgehead atoms. The van der Waals surface area contributed by atoms with Gasteiger partial charge in [0.1, 0.15) is 22.6 Å². The molecule has 0 spiro atoms. The Balaban J connectivity index is 2.07. The van der Waals surface area contributed by atoms with Crippen LogP contribution in [0.25, 0.3) is 11.1 Å². The molecule has 2 aromatic carbocycles. The zero-order chi connectivity index (χ0) is 25.8. The molecule has 0 fully saturated rings. The molecule has 35 heavy (non-hydrogen) atoms. The van der Waals surface area contributed by atoms with Crippen molar-refractivity contribution in [3.8, 4) is 16.9 Å². The van der Waals surface area contributed by atoms with Crippen molar-refractivity contribution in [2.45, 2.75) is 44.2 Å². The number of aliphatic hydroxyl groups excluding tert-OH is 1. The summed E-state index contributed by atoms with van der Waals surface area (Å²) in [6, 6.07) is 9.80. The molecule has 1 aliphatic heterocycles. The lowest BCUT2D eigenvalue weighted by molar-refractivity contribution is 0.0813. The molecule has 3 atom stereocenters. The highest BCUT2D eigenvalue weighted by atomic mass is 32.2. The van der Waals surface area contributed by atoms with Gasteiger partial charge in [0.25, 0.3) is 0 Å². The first-order valence-electron chi connectivity index (χ1n) is 11.8. The first kappa shape index (κ1) is 26.9. The van der Waals surface area contributed by atoms with Gasteiger partial charge in [0.05, 0.1) is 13.2 Å². The molecular formula is C25H34FN3O5S. The van der Waals surface area contributed by atoms with Crippen LogP contribution in [0.1, 0.15) is 27.2 Å². The molecule has 2 N–H and O–H groups in total. The van der Waals surface area contributed by atoms with Gasteiger partial charge in [0.2, 0.25) is 10.0 Å². The maximum atomic E-state index is 14.5. The normalized spacial score (nSPS) is 20.6. The summed E-state index contributed by atoms with van der Waals surface area (Å²) in [7, 11) is -2.36. The Morgan fingerprint density at radius 1 is 1.31 bits per heavy atom. The summed E-state index contributed by atoms with van der Waals surface area (Å²) in [5.74, 6) is -0.667. The number of likely N-dealkylation sites (N-methyl/N-ethyl adjacent to an activating group) is 1. The van der Waals surface area contributed by atoms with Crippen molar-refractivity contribution in [2.75, 3.05) is 33.3 Å². The number of sulfonamides is 1. The third kappa shape index (κ3) is 5.94. The van der Waals surface area contributed by atoms with E-state index in [1.54, 1.807) is 38.2 Å². The first-order chi connectivity index (χ1) is 16.6. The summed E-state index contributed by atoms with van der Waals surface area (Å²) >= 11 is 0. The topological polar surface area (TPSA) is 99.2 Å². The Kier molecular flexibility index (Phi) is 8.74. The summed E-state index contributed by atoms with van der Waals surface area (Å²) < 4.78 is 49.2. The Hall–Kier alpha value is -2.69. The predicted octanol–water partition coefficient (Wildman–Crippen LogP) is 3.31. The molecule has 8 nitrogen and oxygen atoms in total. The van der Waals surface area contributed by atoms with Gasteiger partial charge in [-0.2, -0.15) is 4.31 Å². The summed E-state index contributed by atoms with van der Waals surface area (Å²) in [5, 5.41) is 12.6. The van der Waals surface area contributed by atoms with Crippen LogP contribution < -0.4 is 10.1 Å². The highest BCUT2D eigenvalue weighted by Crippen LogP contribution is 2.37. The quantitative estimate of drug-likeness (QED) is 0.599. The van der Waals surface area contributed by atoms with Crippen LogP contribution >= 0.6 is 0 Å². The minimum atomic E-state index is -4.01. The number of benzene rings is 2. The average molecular weight is 508 g/mol. The molecule has 0 aliphatic carbocycles. The van der Waals surface area contributed by atoms with Gasteiger partial charge in [-0.3, -0.25) is 0 Å². The van der Waals surface area contributed by atoms with Crippen molar-refractivity contribution >= 4 is 16.1 Å². The van der Waals surface area contributed by atoms with Crippen molar-refractivity contribution < 1.29 is 27.4 Å². The number of nitrogens with zero attached hydrogens (tertiary/aromatic N) is 2. The summed E-state index contributed by atoms with van der Waals surface area (Å²) in [6.45, 7) is 5.95. The van der Waals surface area contributed by atoms with Gasteiger partial charge in [-0.05, 0) is 37.1 Å². The molecule has 0 radical (unpaired) electrons. The van der Waals surface area contributed by atoms with E-state index in [1.165, 1.54) is 27.4 Å². The molecule has 1 heterocycles. The monoisotopic (exact) mass is 507 g/mol. The molecule has 1 aliphatic rings. The Morgan fingerprint density at radius 3 is 2.69 bits per heavy atom. The maximum Gasteiger partial charge on any atom is 0.317 e. The number of amides is 2.